The molecule has 0 radical (unpaired) electrons. The molecule has 0 spiro atoms. The summed E-state index contributed by atoms with van der Waals surface area (Å²) in [6.07, 6.45) is 3.12. The number of para-hydroxylation sites is 1. The maximum absolute atomic E-state index is 12.6. The third-order valence-electron chi connectivity index (χ3n) is 4.33. The number of hydrogen-bond acceptors (Lipinski definition) is 4. The lowest BCUT2D eigenvalue weighted by molar-refractivity contribution is 0.0779. The molecule has 0 bridgehead atoms. The maximum atomic E-state index is 12.6. The molecule has 1 aromatic heterocycles. The molecule has 3 rings (SSSR count). The zero-order valence-corrected chi connectivity index (χ0v) is 15.9. The van der Waals surface area contributed by atoms with E-state index in [0.717, 1.165) is 11.3 Å². The first-order chi connectivity index (χ1) is 13.0. The summed E-state index contributed by atoms with van der Waals surface area (Å²) in [7, 11) is 1.77. The molecular formula is C22H24N4O. The van der Waals surface area contributed by atoms with Crippen molar-refractivity contribution in [3.8, 4) is 0 Å². The lowest BCUT2D eigenvalue weighted by Gasteiger charge is -2.17. The highest BCUT2D eigenvalue weighted by atomic mass is 16.2. The summed E-state index contributed by atoms with van der Waals surface area (Å²) in [6.45, 7) is 4.83. The Balaban J connectivity index is 1.69. The minimum absolute atomic E-state index is 0.152. The van der Waals surface area contributed by atoms with Gasteiger partial charge in [-0.25, -0.2) is 9.97 Å². The summed E-state index contributed by atoms with van der Waals surface area (Å²) in [5.41, 5.74) is 3.62. The molecule has 3 aromatic rings. The second-order valence-electron chi connectivity index (χ2n) is 6.80. The number of benzene rings is 2. The summed E-state index contributed by atoms with van der Waals surface area (Å²) in [6, 6.07) is 18.0. The molecule has 0 unspecified atom stereocenters. The largest absolute Gasteiger partial charge is 0.339 e. The highest BCUT2D eigenvalue weighted by Gasteiger charge is 2.14. The lowest BCUT2D eigenvalue weighted by atomic mass is 10.0. The Labute approximate surface area is 160 Å². The SMILES string of the molecule is CC(C)c1ccccc1Nc1cnc(C(=O)N(C)Cc2ccccc2)cn1. The molecule has 0 aliphatic heterocycles. The monoisotopic (exact) mass is 360 g/mol. The Morgan fingerprint density at radius 1 is 1.00 bits per heavy atom. The molecule has 0 atom stereocenters. The van der Waals surface area contributed by atoms with E-state index in [1.807, 2.05) is 48.5 Å². The van der Waals surface area contributed by atoms with Crippen LogP contribution in [-0.4, -0.2) is 27.8 Å². The van der Waals surface area contributed by atoms with Gasteiger partial charge in [-0.15, -0.1) is 0 Å². The van der Waals surface area contributed by atoms with Crippen molar-refractivity contribution in [3.05, 3.63) is 83.8 Å². The van der Waals surface area contributed by atoms with Crippen molar-refractivity contribution in [1.29, 1.82) is 0 Å². The van der Waals surface area contributed by atoms with E-state index in [0.29, 0.717) is 24.0 Å². The number of amides is 1. The van der Waals surface area contributed by atoms with Crippen molar-refractivity contribution in [2.45, 2.75) is 26.3 Å². The molecular weight excluding hydrogens is 336 g/mol. The number of anilines is 2. The van der Waals surface area contributed by atoms with Crippen LogP contribution in [0.4, 0.5) is 11.5 Å². The van der Waals surface area contributed by atoms with Gasteiger partial charge < -0.3 is 10.2 Å². The van der Waals surface area contributed by atoms with Crippen molar-refractivity contribution in [2.24, 2.45) is 0 Å². The number of carbonyl (C=O) groups excluding carboxylic acids is 1. The maximum Gasteiger partial charge on any atom is 0.274 e. The molecule has 1 N–H and O–H groups in total. The van der Waals surface area contributed by atoms with E-state index < -0.39 is 0 Å². The zero-order valence-electron chi connectivity index (χ0n) is 15.9. The van der Waals surface area contributed by atoms with E-state index in [-0.39, 0.29) is 5.91 Å². The topological polar surface area (TPSA) is 58.1 Å². The fourth-order valence-corrected chi connectivity index (χ4v) is 2.88. The molecule has 2 aromatic carbocycles. The van der Waals surface area contributed by atoms with E-state index in [4.69, 9.17) is 0 Å². The molecule has 1 amide bonds. The Hall–Kier alpha value is -3.21. The van der Waals surface area contributed by atoms with E-state index >= 15 is 0 Å². The number of aromatic nitrogens is 2. The van der Waals surface area contributed by atoms with Gasteiger partial charge in [-0.3, -0.25) is 4.79 Å². The average molecular weight is 360 g/mol. The molecule has 0 fully saturated rings. The van der Waals surface area contributed by atoms with Crippen LogP contribution in [0.15, 0.2) is 67.0 Å². The number of hydrogen-bond donors (Lipinski definition) is 1. The van der Waals surface area contributed by atoms with Crippen LogP contribution in [0.3, 0.4) is 0 Å². The van der Waals surface area contributed by atoms with Crippen LogP contribution >= 0.6 is 0 Å². The molecule has 0 aliphatic rings. The van der Waals surface area contributed by atoms with Gasteiger partial charge in [-0.2, -0.15) is 0 Å². The third-order valence-corrected chi connectivity index (χ3v) is 4.33. The number of nitrogens with one attached hydrogen (secondary N) is 1. The highest BCUT2D eigenvalue weighted by Crippen LogP contribution is 2.25. The van der Waals surface area contributed by atoms with E-state index in [2.05, 4.69) is 35.2 Å². The summed E-state index contributed by atoms with van der Waals surface area (Å²) >= 11 is 0. The smallest absolute Gasteiger partial charge is 0.274 e. The molecule has 1 heterocycles. The predicted molar refractivity (Wildman–Crippen MR) is 108 cm³/mol. The summed E-state index contributed by atoms with van der Waals surface area (Å²) in [4.78, 5) is 22.9. The quantitative estimate of drug-likeness (QED) is 0.697. The Kier molecular flexibility index (Phi) is 5.81. The average Bonchev–Trinajstić information content (AvgIpc) is 2.69. The van der Waals surface area contributed by atoms with Gasteiger partial charge in [0.2, 0.25) is 0 Å². The number of nitrogens with zero attached hydrogens (tertiary/aromatic N) is 3. The normalized spacial score (nSPS) is 10.7. The summed E-state index contributed by atoms with van der Waals surface area (Å²) in [5, 5.41) is 3.29. The second kappa shape index (κ2) is 8.45. The summed E-state index contributed by atoms with van der Waals surface area (Å²) in [5.74, 6) is 0.861. The lowest BCUT2D eigenvalue weighted by Crippen LogP contribution is -2.27. The molecule has 27 heavy (non-hydrogen) atoms. The van der Waals surface area contributed by atoms with Crippen LogP contribution in [0.5, 0.6) is 0 Å². The van der Waals surface area contributed by atoms with E-state index in [1.54, 1.807) is 18.1 Å². The minimum atomic E-state index is -0.152. The van der Waals surface area contributed by atoms with Crippen LogP contribution in [0, 0.1) is 0 Å². The fourth-order valence-electron chi connectivity index (χ4n) is 2.88. The molecule has 0 saturated heterocycles. The Morgan fingerprint density at radius 2 is 1.70 bits per heavy atom. The highest BCUT2D eigenvalue weighted by molar-refractivity contribution is 5.91. The summed E-state index contributed by atoms with van der Waals surface area (Å²) < 4.78 is 0. The van der Waals surface area contributed by atoms with Crippen LogP contribution in [0.2, 0.25) is 0 Å². The number of rotatable bonds is 6. The van der Waals surface area contributed by atoms with Gasteiger partial charge in [-0.1, -0.05) is 62.4 Å². The van der Waals surface area contributed by atoms with Crippen molar-refractivity contribution >= 4 is 17.4 Å². The Morgan fingerprint density at radius 3 is 2.37 bits per heavy atom. The van der Waals surface area contributed by atoms with E-state index in [9.17, 15) is 4.79 Å². The van der Waals surface area contributed by atoms with Gasteiger partial charge >= 0.3 is 0 Å². The van der Waals surface area contributed by atoms with Crippen molar-refractivity contribution < 1.29 is 4.79 Å². The fraction of sp³-hybridized carbons (Fsp3) is 0.227. The number of carbonyl (C=O) groups is 1. The molecule has 5 nitrogen and oxygen atoms in total. The standard InChI is InChI=1S/C22H24N4O/c1-16(2)18-11-7-8-12-19(18)25-21-14-23-20(13-24-21)22(27)26(3)15-17-9-5-4-6-10-17/h4-14,16H,15H2,1-3H3,(H,24,25). The third kappa shape index (κ3) is 4.70. The first-order valence-electron chi connectivity index (χ1n) is 9.02. The first kappa shape index (κ1) is 18.6. The van der Waals surface area contributed by atoms with Crippen LogP contribution < -0.4 is 5.32 Å². The zero-order chi connectivity index (χ0) is 19.2. The predicted octanol–water partition coefficient (Wildman–Crippen LogP) is 4.62. The Bertz CT molecular complexity index is 892. The van der Waals surface area contributed by atoms with Crippen LogP contribution in [0.25, 0.3) is 0 Å². The van der Waals surface area contributed by atoms with Crippen molar-refractivity contribution in [1.82, 2.24) is 14.9 Å². The minimum Gasteiger partial charge on any atom is -0.339 e. The molecule has 138 valence electrons. The van der Waals surface area contributed by atoms with Crippen LogP contribution in [0.1, 0.15) is 41.4 Å². The van der Waals surface area contributed by atoms with Crippen LogP contribution in [-0.2, 0) is 6.54 Å². The van der Waals surface area contributed by atoms with Gasteiger partial charge in [-0.05, 0) is 23.1 Å². The molecule has 0 aliphatic carbocycles. The molecule has 0 saturated carbocycles. The first-order valence-corrected chi connectivity index (χ1v) is 9.02. The van der Waals surface area contributed by atoms with Crippen molar-refractivity contribution in [2.75, 3.05) is 12.4 Å². The van der Waals surface area contributed by atoms with Crippen molar-refractivity contribution in [3.63, 3.8) is 0 Å². The van der Waals surface area contributed by atoms with Gasteiger partial charge in [0, 0.05) is 19.3 Å². The second-order valence-corrected chi connectivity index (χ2v) is 6.80. The molecule has 5 heteroatoms. The van der Waals surface area contributed by atoms with Gasteiger partial charge in [0.15, 0.2) is 0 Å². The van der Waals surface area contributed by atoms with Gasteiger partial charge in [0.1, 0.15) is 11.5 Å². The van der Waals surface area contributed by atoms with E-state index in [1.165, 1.54) is 11.8 Å². The van der Waals surface area contributed by atoms with Gasteiger partial charge in [0.05, 0.1) is 12.4 Å². The van der Waals surface area contributed by atoms with Gasteiger partial charge in [0.25, 0.3) is 5.91 Å².